The van der Waals surface area contributed by atoms with Gasteiger partial charge in [-0.25, -0.2) is 0 Å². The summed E-state index contributed by atoms with van der Waals surface area (Å²) >= 11 is 0. The molecule has 0 aliphatic heterocycles. The summed E-state index contributed by atoms with van der Waals surface area (Å²) in [5.74, 6) is 1.56. The molecule has 0 unspecified atom stereocenters. The molecule has 0 spiro atoms. The fraction of sp³-hybridized carbons (Fsp3) is 0.750. The van der Waals surface area contributed by atoms with Crippen molar-refractivity contribution in [3.8, 4) is 0 Å². The average Bonchev–Trinajstić information content (AvgIpc) is 2.21. The summed E-state index contributed by atoms with van der Waals surface area (Å²) in [5.41, 5.74) is 6.86. The molecule has 2 nitrogen and oxygen atoms in total. The van der Waals surface area contributed by atoms with Crippen LogP contribution in [0.15, 0.2) is 16.8 Å². The van der Waals surface area contributed by atoms with Crippen molar-refractivity contribution >= 4 is 6.21 Å². The van der Waals surface area contributed by atoms with Crippen LogP contribution in [0.1, 0.15) is 39.5 Å². The largest absolute Gasteiger partial charge is 0.404 e. The van der Waals surface area contributed by atoms with Crippen molar-refractivity contribution in [1.82, 2.24) is 0 Å². The molecule has 2 N–H and O–H groups in total. The normalized spacial score (nSPS) is 29.7. The summed E-state index contributed by atoms with van der Waals surface area (Å²) in [6.07, 6.45) is 8.92. The molecule has 2 heteroatoms. The van der Waals surface area contributed by atoms with E-state index in [0.717, 1.165) is 12.5 Å². The van der Waals surface area contributed by atoms with E-state index < -0.39 is 0 Å². The quantitative estimate of drug-likeness (QED) is 0.689. The molecular formula is C12H22N2. The number of nitrogens with two attached hydrogens (primary N) is 1. The van der Waals surface area contributed by atoms with Gasteiger partial charge in [0.25, 0.3) is 0 Å². The molecule has 0 amide bonds. The molecular weight excluding hydrogens is 172 g/mol. The Morgan fingerprint density at radius 1 is 1.36 bits per heavy atom. The zero-order valence-corrected chi connectivity index (χ0v) is 9.37. The Hall–Kier alpha value is -0.790. The molecule has 0 atom stereocenters. The van der Waals surface area contributed by atoms with Crippen molar-refractivity contribution in [2.75, 3.05) is 6.54 Å². The van der Waals surface area contributed by atoms with Crippen LogP contribution in [0.2, 0.25) is 0 Å². The molecule has 0 saturated heterocycles. The topological polar surface area (TPSA) is 38.4 Å². The number of nitrogens with zero attached hydrogens (tertiary/aromatic N) is 1. The van der Waals surface area contributed by atoms with E-state index >= 15 is 0 Å². The number of aliphatic imine (C=N–C) groups is 1. The van der Waals surface area contributed by atoms with Crippen LogP contribution in [0.3, 0.4) is 0 Å². The first-order valence-corrected chi connectivity index (χ1v) is 5.69. The van der Waals surface area contributed by atoms with Crippen molar-refractivity contribution in [2.24, 2.45) is 22.6 Å². The lowest BCUT2D eigenvalue weighted by Crippen LogP contribution is -2.16. The van der Waals surface area contributed by atoms with Gasteiger partial charge in [-0.3, -0.25) is 4.99 Å². The lowest BCUT2D eigenvalue weighted by Gasteiger charge is -2.26. The molecule has 1 saturated carbocycles. The molecule has 0 aromatic rings. The molecule has 14 heavy (non-hydrogen) atoms. The van der Waals surface area contributed by atoms with Gasteiger partial charge < -0.3 is 5.73 Å². The SMILES string of the molecule is CCN=C/C(=C\N)C1CCC(C)CC1. The van der Waals surface area contributed by atoms with Gasteiger partial charge >= 0.3 is 0 Å². The third-order valence-corrected chi connectivity index (χ3v) is 3.10. The van der Waals surface area contributed by atoms with Crippen LogP contribution in [0.5, 0.6) is 0 Å². The maximum Gasteiger partial charge on any atom is 0.0361 e. The molecule has 0 aromatic heterocycles. The van der Waals surface area contributed by atoms with Gasteiger partial charge in [0, 0.05) is 12.8 Å². The van der Waals surface area contributed by atoms with E-state index in [4.69, 9.17) is 5.73 Å². The van der Waals surface area contributed by atoms with Crippen LogP contribution in [-0.2, 0) is 0 Å². The molecule has 1 aliphatic carbocycles. The first kappa shape index (κ1) is 11.3. The van der Waals surface area contributed by atoms with Crippen LogP contribution in [0.25, 0.3) is 0 Å². The third kappa shape index (κ3) is 3.17. The molecule has 0 radical (unpaired) electrons. The van der Waals surface area contributed by atoms with Crippen molar-refractivity contribution in [3.63, 3.8) is 0 Å². The minimum Gasteiger partial charge on any atom is -0.404 e. The third-order valence-electron chi connectivity index (χ3n) is 3.10. The van der Waals surface area contributed by atoms with Crippen molar-refractivity contribution in [3.05, 3.63) is 11.8 Å². The van der Waals surface area contributed by atoms with Crippen LogP contribution in [0, 0.1) is 11.8 Å². The smallest absolute Gasteiger partial charge is 0.0361 e. The number of hydrogen-bond donors (Lipinski definition) is 1. The number of hydrogen-bond acceptors (Lipinski definition) is 2. The van der Waals surface area contributed by atoms with E-state index in [0.29, 0.717) is 5.92 Å². The summed E-state index contributed by atoms with van der Waals surface area (Å²) in [6.45, 7) is 5.23. The van der Waals surface area contributed by atoms with Crippen molar-refractivity contribution in [2.45, 2.75) is 39.5 Å². The van der Waals surface area contributed by atoms with Crippen molar-refractivity contribution < 1.29 is 0 Å². The Labute approximate surface area is 87.3 Å². The Morgan fingerprint density at radius 3 is 2.50 bits per heavy atom. The zero-order chi connectivity index (χ0) is 10.4. The minimum atomic E-state index is 0.659. The molecule has 80 valence electrons. The zero-order valence-electron chi connectivity index (χ0n) is 9.37. The Balaban J connectivity index is 2.50. The lowest BCUT2D eigenvalue weighted by molar-refractivity contribution is 0.325. The Bertz CT molecular complexity index is 210. The number of rotatable bonds is 3. The van der Waals surface area contributed by atoms with E-state index in [2.05, 4.69) is 11.9 Å². The molecule has 0 aromatic carbocycles. The van der Waals surface area contributed by atoms with E-state index in [1.807, 2.05) is 13.1 Å². The van der Waals surface area contributed by atoms with Gasteiger partial charge in [0.2, 0.25) is 0 Å². The molecule has 1 fully saturated rings. The van der Waals surface area contributed by atoms with Crippen molar-refractivity contribution in [1.29, 1.82) is 0 Å². The standard InChI is InChI=1S/C12H22N2/c1-3-14-9-12(8-13)11-6-4-10(2)5-7-11/h8-11H,3-7,13H2,1-2H3/b12-8+,14-9?. The highest BCUT2D eigenvalue weighted by molar-refractivity contribution is 5.79. The van der Waals surface area contributed by atoms with Gasteiger partial charge in [-0.2, -0.15) is 0 Å². The second-order valence-corrected chi connectivity index (χ2v) is 4.25. The molecule has 0 heterocycles. The fourth-order valence-electron chi connectivity index (χ4n) is 2.07. The summed E-state index contributed by atoms with van der Waals surface area (Å²) in [6, 6.07) is 0. The van der Waals surface area contributed by atoms with Crippen LogP contribution in [-0.4, -0.2) is 12.8 Å². The van der Waals surface area contributed by atoms with E-state index in [-0.39, 0.29) is 0 Å². The Morgan fingerprint density at radius 2 is 2.00 bits per heavy atom. The Kier molecular flexibility index (Phi) is 4.71. The van der Waals surface area contributed by atoms with Gasteiger partial charge in [0.15, 0.2) is 0 Å². The second-order valence-electron chi connectivity index (χ2n) is 4.25. The maximum atomic E-state index is 5.63. The first-order chi connectivity index (χ1) is 6.77. The highest BCUT2D eigenvalue weighted by Crippen LogP contribution is 2.31. The second kappa shape index (κ2) is 5.84. The molecule has 0 bridgehead atoms. The first-order valence-electron chi connectivity index (χ1n) is 5.69. The molecule has 1 aliphatic rings. The van der Waals surface area contributed by atoms with Gasteiger partial charge in [0.05, 0.1) is 0 Å². The fourth-order valence-corrected chi connectivity index (χ4v) is 2.07. The predicted octanol–water partition coefficient (Wildman–Crippen LogP) is 2.75. The van der Waals surface area contributed by atoms with E-state index in [1.54, 1.807) is 6.20 Å². The average molecular weight is 194 g/mol. The summed E-state index contributed by atoms with van der Waals surface area (Å²) in [7, 11) is 0. The van der Waals surface area contributed by atoms with E-state index in [9.17, 15) is 0 Å². The van der Waals surface area contributed by atoms with Crippen LogP contribution in [0.4, 0.5) is 0 Å². The van der Waals surface area contributed by atoms with Gasteiger partial charge in [-0.15, -0.1) is 0 Å². The molecule has 1 rings (SSSR count). The van der Waals surface area contributed by atoms with Gasteiger partial charge in [0.1, 0.15) is 0 Å². The highest BCUT2D eigenvalue weighted by Gasteiger charge is 2.20. The van der Waals surface area contributed by atoms with Crippen LogP contribution >= 0.6 is 0 Å². The highest BCUT2D eigenvalue weighted by atomic mass is 14.7. The maximum absolute atomic E-state index is 5.63. The van der Waals surface area contributed by atoms with Crippen LogP contribution < -0.4 is 5.73 Å². The number of allylic oxidation sites excluding steroid dienone is 1. The summed E-state index contributed by atoms with van der Waals surface area (Å²) < 4.78 is 0. The van der Waals surface area contributed by atoms with Gasteiger partial charge in [-0.1, -0.05) is 19.8 Å². The minimum absolute atomic E-state index is 0.659. The van der Waals surface area contributed by atoms with E-state index in [1.165, 1.54) is 31.3 Å². The monoisotopic (exact) mass is 194 g/mol. The predicted molar refractivity (Wildman–Crippen MR) is 62.4 cm³/mol. The lowest BCUT2D eigenvalue weighted by atomic mass is 9.79. The van der Waals surface area contributed by atoms with Gasteiger partial charge in [-0.05, 0) is 43.4 Å². The summed E-state index contributed by atoms with van der Waals surface area (Å²) in [5, 5.41) is 0. The summed E-state index contributed by atoms with van der Waals surface area (Å²) in [4.78, 5) is 4.26.